The van der Waals surface area contributed by atoms with Crippen LogP contribution < -0.4 is 5.32 Å². The van der Waals surface area contributed by atoms with E-state index in [4.69, 9.17) is 9.47 Å². The average molecular weight is 459 g/mol. The lowest BCUT2D eigenvalue weighted by Gasteiger charge is -2.25. The highest BCUT2D eigenvalue weighted by molar-refractivity contribution is 9.10. The number of nitro groups is 1. The maximum atomic E-state index is 12.6. The molecule has 0 aliphatic carbocycles. The second-order valence-electron chi connectivity index (χ2n) is 8.27. The van der Waals surface area contributed by atoms with Crippen molar-refractivity contribution in [1.82, 2.24) is 0 Å². The SMILES string of the molecule is CC(C)(C)OC(=O)CC[C@H](Nc1ccc(Br)cc1[N+](=O)[O-])C(=O)OC(C)(C)C. The Bertz CT molecular complexity index is 737. The summed E-state index contributed by atoms with van der Waals surface area (Å²) in [7, 11) is 0. The van der Waals surface area contributed by atoms with Gasteiger partial charge in [-0.3, -0.25) is 14.9 Å². The Hall–Kier alpha value is -2.16. The molecule has 156 valence electrons. The first-order valence-electron chi connectivity index (χ1n) is 8.83. The predicted octanol–water partition coefficient (Wildman–Crippen LogP) is 4.60. The van der Waals surface area contributed by atoms with E-state index in [1.54, 1.807) is 47.6 Å². The van der Waals surface area contributed by atoms with Crippen LogP contribution in [-0.4, -0.2) is 34.1 Å². The van der Waals surface area contributed by atoms with Crippen molar-refractivity contribution >= 4 is 39.2 Å². The summed E-state index contributed by atoms with van der Waals surface area (Å²) in [5.41, 5.74) is -1.42. The molecule has 0 unspecified atom stereocenters. The molecule has 9 heteroatoms. The van der Waals surface area contributed by atoms with Gasteiger partial charge in [-0.25, -0.2) is 4.79 Å². The van der Waals surface area contributed by atoms with E-state index >= 15 is 0 Å². The number of ether oxygens (including phenoxy) is 2. The molecular formula is C19H27BrN2O6. The van der Waals surface area contributed by atoms with E-state index in [1.807, 2.05) is 0 Å². The third-order valence-corrected chi connectivity index (χ3v) is 3.73. The number of benzene rings is 1. The summed E-state index contributed by atoms with van der Waals surface area (Å²) < 4.78 is 11.2. The zero-order chi connectivity index (χ0) is 21.7. The van der Waals surface area contributed by atoms with Crippen LogP contribution >= 0.6 is 15.9 Å². The van der Waals surface area contributed by atoms with Crippen LogP contribution in [0, 0.1) is 10.1 Å². The molecule has 0 heterocycles. The molecule has 0 fully saturated rings. The Balaban J connectivity index is 3.03. The minimum atomic E-state index is -0.952. The van der Waals surface area contributed by atoms with Gasteiger partial charge in [-0.2, -0.15) is 0 Å². The predicted molar refractivity (Wildman–Crippen MR) is 109 cm³/mol. The van der Waals surface area contributed by atoms with Crippen molar-refractivity contribution in [3.8, 4) is 0 Å². The van der Waals surface area contributed by atoms with Crippen molar-refractivity contribution in [3.63, 3.8) is 0 Å². The Labute approximate surface area is 173 Å². The number of carbonyl (C=O) groups is 2. The summed E-state index contributed by atoms with van der Waals surface area (Å²) in [5.74, 6) is -1.07. The number of halogens is 1. The van der Waals surface area contributed by atoms with Crippen molar-refractivity contribution in [2.24, 2.45) is 0 Å². The first-order valence-corrected chi connectivity index (χ1v) is 9.62. The molecule has 0 aliphatic heterocycles. The Kier molecular flexibility index (Phi) is 7.98. The number of hydrogen-bond acceptors (Lipinski definition) is 7. The molecule has 0 aliphatic rings. The molecule has 0 amide bonds. The summed E-state index contributed by atoms with van der Waals surface area (Å²) in [6, 6.07) is 3.50. The molecule has 1 rings (SSSR count). The second-order valence-corrected chi connectivity index (χ2v) is 9.19. The molecule has 0 spiro atoms. The number of esters is 2. The van der Waals surface area contributed by atoms with Gasteiger partial charge >= 0.3 is 11.9 Å². The van der Waals surface area contributed by atoms with E-state index in [-0.39, 0.29) is 24.2 Å². The third-order valence-electron chi connectivity index (χ3n) is 3.23. The van der Waals surface area contributed by atoms with Gasteiger partial charge in [-0.05, 0) is 60.1 Å². The molecule has 1 N–H and O–H groups in total. The number of nitrogens with one attached hydrogen (secondary N) is 1. The normalized spacial score (nSPS) is 12.8. The summed E-state index contributed by atoms with van der Waals surface area (Å²) in [6.45, 7) is 10.4. The van der Waals surface area contributed by atoms with Crippen molar-refractivity contribution in [1.29, 1.82) is 0 Å². The Morgan fingerprint density at radius 2 is 1.71 bits per heavy atom. The van der Waals surface area contributed by atoms with Crippen molar-refractivity contribution < 1.29 is 24.0 Å². The van der Waals surface area contributed by atoms with E-state index < -0.39 is 34.1 Å². The lowest BCUT2D eigenvalue weighted by atomic mass is 10.1. The Morgan fingerprint density at radius 1 is 1.14 bits per heavy atom. The van der Waals surface area contributed by atoms with Gasteiger partial charge in [0.05, 0.1) is 4.92 Å². The maximum absolute atomic E-state index is 12.6. The van der Waals surface area contributed by atoms with Crippen molar-refractivity contribution in [3.05, 3.63) is 32.8 Å². The van der Waals surface area contributed by atoms with Gasteiger partial charge in [0.2, 0.25) is 0 Å². The second kappa shape index (κ2) is 9.36. The summed E-state index contributed by atoms with van der Waals surface area (Å²) in [5, 5.41) is 14.2. The summed E-state index contributed by atoms with van der Waals surface area (Å²) in [6.07, 6.45) is 0.0234. The molecule has 0 saturated carbocycles. The largest absolute Gasteiger partial charge is 0.460 e. The van der Waals surface area contributed by atoms with Crippen LogP contribution in [0.5, 0.6) is 0 Å². The molecule has 0 bridgehead atoms. The summed E-state index contributed by atoms with van der Waals surface area (Å²) >= 11 is 3.19. The van der Waals surface area contributed by atoms with Gasteiger partial charge < -0.3 is 14.8 Å². The minimum Gasteiger partial charge on any atom is -0.460 e. The molecule has 28 heavy (non-hydrogen) atoms. The monoisotopic (exact) mass is 458 g/mol. The lowest BCUT2D eigenvalue weighted by molar-refractivity contribution is -0.384. The van der Waals surface area contributed by atoms with Crippen LogP contribution in [0.25, 0.3) is 0 Å². The highest BCUT2D eigenvalue weighted by Gasteiger charge is 2.29. The van der Waals surface area contributed by atoms with E-state index in [1.165, 1.54) is 12.1 Å². The minimum absolute atomic E-state index is 0.0431. The number of carbonyl (C=O) groups excluding carboxylic acids is 2. The molecule has 1 aromatic rings. The molecule has 0 aromatic heterocycles. The number of rotatable bonds is 7. The van der Waals surface area contributed by atoms with Crippen LogP contribution in [0.1, 0.15) is 54.4 Å². The van der Waals surface area contributed by atoms with E-state index in [2.05, 4.69) is 21.2 Å². The van der Waals surface area contributed by atoms with Gasteiger partial charge in [0.15, 0.2) is 0 Å². The van der Waals surface area contributed by atoms with Crippen LogP contribution in [0.3, 0.4) is 0 Å². The first-order chi connectivity index (χ1) is 12.7. The van der Waals surface area contributed by atoms with Crippen molar-refractivity contribution in [2.45, 2.75) is 71.6 Å². The standard InChI is InChI=1S/C19H27BrN2O6/c1-18(2,3)27-16(23)10-9-14(17(24)28-19(4,5)6)21-13-8-7-12(20)11-15(13)22(25)26/h7-8,11,14,21H,9-10H2,1-6H3/t14-/m0/s1. The number of nitro benzene ring substituents is 1. The fourth-order valence-corrected chi connectivity index (χ4v) is 2.59. The summed E-state index contributed by atoms with van der Waals surface area (Å²) in [4.78, 5) is 35.4. The van der Waals surface area contributed by atoms with Gasteiger partial charge in [-0.15, -0.1) is 0 Å². The molecular weight excluding hydrogens is 432 g/mol. The van der Waals surface area contributed by atoms with Gasteiger partial charge in [-0.1, -0.05) is 15.9 Å². The third kappa shape index (κ3) is 8.69. The zero-order valence-corrected chi connectivity index (χ0v) is 18.6. The number of anilines is 1. The Morgan fingerprint density at radius 3 is 2.21 bits per heavy atom. The molecule has 1 atom stereocenters. The van der Waals surface area contributed by atoms with Crippen LogP contribution in [0.15, 0.2) is 22.7 Å². The molecule has 0 radical (unpaired) electrons. The number of hydrogen-bond donors (Lipinski definition) is 1. The van der Waals surface area contributed by atoms with Crippen molar-refractivity contribution in [2.75, 3.05) is 5.32 Å². The van der Waals surface area contributed by atoms with Gasteiger partial charge in [0.1, 0.15) is 22.9 Å². The highest BCUT2D eigenvalue weighted by atomic mass is 79.9. The van der Waals surface area contributed by atoms with Crippen LogP contribution in [0.2, 0.25) is 0 Å². The molecule has 8 nitrogen and oxygen atoms in total. The lowest BCUT2D eigenvalue weighted by Crippen LogP contribution is -2.37. The maximum Gasteiger partial charge on any atom is 0.329 e. The quantitative estimate of drug-likeness (QED) is 0.361. The zero-order valence-electron chi connectivity index (χ0n) is 17.0. The highest BCUT2D eigenvalue weighted by Crippen LogP contribution is 2.29. The van der Waals surface area contributed by atoms with Gasteiger partial charge in [0.25, 0.3) is 5.69 Å². The van der Waals surface area contributed by atoms with Crippen LogP contribution in [-0.2, 0) is 19.1 Å². The molecule has 0 saturated heterocycles. The van der Waals surface area contributed by atoms with E-state index in [0.29, 0.717) is 4.47 Å². The van der Waals surface area contributed by atoms with Gasteiger partial charge in [0, 0.05) is 17.0 Å². The van der Waals surface area contributed by atoms with Crippen LogP contribution in [0.4, 0.5) is 11.4 Å². The first kappa shape index (κ1) is 23.9. The fourth-order valence-electron chi connectivity index (χ4n) is 2.24. The smallest absolute Gasteiger partial charge is 0.329 e. The number of nitrogens with zero attached hydrogens (tertiary/aromatic N) is 1. The average Bonchev–Trinajstić information content (AvgIpc) is 2.48. The van der Waals surface area contributed by atoms with E-state index in [9.17, 15) is 19.7 Å². The topological polar surface area (TPSA) is 108 Å². The molecule has 1 aromatic carbocycles. The van der Waals surface area contributed by atoms with E-state index in [0.717, 1.165) is 0 Å². The fraction of sp³-hybridized carbons (Fsp3) is 0.579.